The van der Waals surface area contributed by atoms with Gasteiger partial charge in [0.1, 0.15) is 0 Å². The Morgan fingerprint density at radius 3 is 2.24 bits per heavy atom. The number of nitrogens with two attached hydrogens (primary N) is 1. The molecular formula is C19H38N2. The molecule has 0 aromatic heterocycles. The van der Waals surface area contributed by atoms with E-state index < -0.39 is 0 Å². The number of hydrogen-bond acceptors (Lipinski definition) is 2. The third-order valence-electron chi connectivity index (χ3n) is 6.81. The quantitative estimate of drug-likeness (QED) is 0.841. The zero-order valence-electron chi connectivity index (χ0n) is 15.1. The van der Waals surface area contributed by atoms with Gasteiger partial charge in [-0.25, -0.2) is 0 Å². The predicted molar refractivity (Wildman–Crippen MR) is 92.3 cm³/mol. The molecule has 0 bridgehead atoms. The molecule has 124 valence electrons. The Morgan fingerprint density at radius 2 is 1.76 bits per heavy atom. The SMILES string of the molecule is CCC1(C)CCN(C2CC(C(C)(C)C)CCC2CN)CC1. The van der Waals surface area contributed by atoms with Gasteiger partial charge in [-0.1, -0.05) is 41.0 Å². The summed E-state index contributed by atoms with van der Waals surface area (Å²) in [6.45, 7) is 15.6. The smallest absolute Gasteiger partial charge is 0.0138 e. The minimum Gasteiger partial charge on any atom is -0.330 e. The van der Waals surface area contributed by atoms with E-state index in [1.54, 1.807) is 0 Å². The van der Waals surface area contributed by atoms with E-state index >= 15 is 0 Å². The van der Waals surface area contributed by atoms with E-state index in [0.29, 0.717) is 10.8 Å². The highest BCUT2D eigenvalue weighted by molar-refractivity contribution is 4.93. The zero-order chi connectivity index (χ0) is 15.7. The van der Waals surface area contributed by atoms with Crippen molar-refractivity contribution >= 4 is 0 Å². The van der Waals surface area contributed by atoms with E-state index in [-0.39, 0.29) is 0 Å². The summed E-state index contributed by atoms with van der Waals surface area (Å²) in [6.07, 6.45) is 8.16. The number of hydrogen-bond donors (Lipinski definition) is 1. The van der Waals surface area contributed by atoms with E-state index in [2.05, 4.69) is 39.5 Å². The van der Waals surface area contributed by atoms with Crippen LogP contribution in [0.25, 0.3) is 0 Å². The van der Waals surface area contributed by atoms with Crippen LogP contribution in [0.4, 0.5) is 0 Å². The fourth-order valence-corrected chi connectivity index (χ4v) is 4.47. The van der Waals surface area contributed by atoms with Crippen molar-refractivity contribution in [2.24, 2.45) is 28.4 Å². The number of likely N-dealkylation sites (tertiary alicyclic amines) is 1. The molecule has 1 heterocycles. The molecule has 2 aliphatic rings. The van der Waals surface area contributed by atoms with Gasteiger partial charge in [0.25, 0.3) is 0 Å². The van der Waals surface area contributed by atoms with E-state index in [4.69, 9.17) is 5.73 Å². The molecule has 1 saturated carbocycles. The van der Waals surface area contributed by atoms with Gasteiger partial charge in [-0.3, -0.25) is 0 Å². The first-order chi connectivity index (χ1) is 9.79. The lowest BCUT2D eigenvalue weighted by atomic mass is 9.67. The second-order valence-corrected chi connectivity index (χ2v) is 9.14. The Balaban J connectivity index is 2.01. The van der Waals surface area contributed by atoms with Gasteiger partial charge >= 0.3 is 0 Å². The van der Waals surface area contributed by atoms with Crippen LogP contribution in [0.3, 0.4) is 0 Å². The maximum Gasteiger partial charge on any atom is 0.0138 e. The summed E-state index contributed by atoms with van der Waals surface area (Å²) >= 11 is 0. The summed E-state index contributed by atoms with van der Waals surface area (Å²) in [4.78, 5) is 2.80. The average molecular weight is 295 g/mol. The minimum absolute atomic E-state index is 0.450. The molecule has 1 aliphatic carbocycles. The Kier molecular flexibility index (Phi) is 5.41. The molecule has 0 radical (unpaired) electrons. The minimum atomic E-state index is 0.450. The van der Waals surface area contributed by atoms with Crippen LogP contribution in [0.15, 0.2) is 0 Å². The van der Waals surface area contributed by atoms with E-state index in [9.17, 15) is 0 Å². The van der Waals surface area contributed by atoms with Crippen molar-refractivity contribution in [3.63, 3.8) is 0 Å². The maximum absolute atomic E-state index is 6.11. The molecule has 2 nitrogen and oxygen atoms in total. The second kappa shape index (κ2) is 6.58. The highest BCUT2D eigenvalue weighted by Gasteiger charge is 2.40. The molecular weight excluding hydrogens is 256 g/mol. The summed E-state index contributed by atoms with van der Waals surface area (Å²) < 4.78 is 0. The van der Waals surface area contributed by atoms with Crippen LogP contribution in [0.2, 0.25) is 0 Å². The highest BCUT2D eigenvalue weighted by Crippen LogP contribution is 2.43. The monoisotopic (exact) mass is 294 g/mol. The van der Waals surface area contributed by atoms with Crippen molar-refractivity contribution in [1.82, 2.24) is 4.90 Å². The van der Waals surface area contributed by atoms with Crippen LogP contribution in [-0.4, -0.2) is 30.6 Å². The molecule has 21 heavy (non-hydrogen) atoms. The average Bonchev–Trinajstić information content (AvgIpc) is 2.46. The molecule has 2 heteroatoms. The number of piperidine rings is 1. The van der Waals surface area contributed by atoms with Gasteiger partial charge in [-0.05, 0) is 74.4 Å². The van der Waals surface area contributed by atoms with Gasteiger partial charge in [0.2, 0.25) is 0 Å². The van der Waals surface area contributed by atoms with Crippen LogP contribution in [0, 0.1) is 22.7 Å². The van der Waals surface area contributed by atoms with Gasteiger partial charge in [-0.2, -0.15) is 0 Å². The van der Waals surface area contributed by atoms with Gasteiger partial charge in [-0.15, -0.1) is 0 Å². The second-order valence-electron chi connectivity index (χ2n) is 9.14. The molecule has 3 unspecified atom stereocenters. The van der Waals surface area contributed by atoms with Crippen LogP contribution < -0.4 is 5.73 Å². The topological polar surface area (TPSA) is 29.3 Å². The first-order valence-electron chi connectivity index (χ1n) is 9.23. The summed E-state index contributed by atoms with van der Waals surface area (Å²) in [5, 5.41) is 0. The van der Waals surface area contributed by atoms with Crippen molar-refractivity contribution in [3.05, 3.63) is 0 Å². The first kappa shape index (κ1) is 17.3. The summed E-state index contributed by atoms with van der Waals surface area (Å²) in [5.41, 5.74) is 7.15. The summed E-state index contributed by atoms with van der Waals surface area (Å²) in [7, 11) is 0. The Labute approximate surface area is 132 Å². The fraction of sp³-hybridized carbons (Fsp3) is 1.00. The van der Waals surface area contributed by atoms with Gasteiger partial charge < -0.3 is 10.6 Å². The van der Waals surface area contributed by atoms with Crippen LogP contribution in [0.5, 0.6) is 0 Å². The van der Waals surface area contributed by atoms with Crippen LogP contribution in [0.1, 0.15) is 73.1 Å². The van der Waals surface area contributed by atoms with Crippen molar-refractivity contribution in [2.45, 2.75) is 79.2 Å². The van der Waals surface area contributed by atoms with Crippen molar-refractivity contribution < 1.29 is 0 Å². The van der Waals surface area contributed by atoms with E-state index in [1.165, 1.54) is 51.6 Å². The standard InChI is InChI=1S/C19H38N2/c1-6-19(5)9-11-21(12-10-19)17-13-16(18(2,3)4)8-7-15(17)14-20/h15-17H,6-14,20H2,1-5H3. The molecule has 0 spiro atoms. The van der Waals surface area contributed by atoms with Gasteiger partial charge in [0, 0.05) is 6.04 Å². The van der Waals surface area contributed by atoms with Crippen molar-refractivity contribution in [2.75, 3.05) is 19.6 Å². The summed E-state index contributed by atoms with van der Waals surface area (Å²) in [6, 6.07) is 0.745. The third kappa shape index (κ3) is 4.01. The highest BCUT2D eigenvalue weighted by atomic mass is 15.2. The molecule has 0 amide bonds. The molecule has 2 rings (SSSR count). The number of rotatable bonds is 3. The first-order valence-corrected chi connectivity index (χ1v) is 9.23. The molecule has 2 N–H and O–H groups in total. The lowest BCUT2D eigenvalue weighted by molar-refractivity contribution is 0.00856. The van der Waals surface area contributed by atoms with E-state index in [1.807, 2.05) is 0 Å². The fourth-order valence-electron chi connectivity index (χ4n) is 4.47. The third-order valence-corrected chi connectivity index (χ3v) is 6.81. The van der Waals surface area contributed by atoms with Crippen LogP contribution in [-0.2, 0) is 0 Å². The molecule has 1 saturated heterocycles. The maximum atomic E-state index is 6.11. The van der Waals surface area contributed by atoms with Crippen molar-refractivity contribution in [1.29, 1.82) is 0 Å². The van der Waals surface area contributed by atoms with Gasteiger partial charge in [0.05, 0.1) is 0 Å². The largest absolute Gasteiger partial charge is 0.330 e. The van der Waals surface area contributed by atoms with Crippen LogP contribution >= 0.6 is 0 Å². The predicted octanol–water partition coefficient (Wildman–Crippen LogP) is 4.29. The normalized spacial score (nSPS) is 34.9. The molecule has 0 aromatic carbocycles. The van der Waals surface area contributed by atoms with Crippen molar-refractivity contribution in [3.8, 4) is 0 Å². The van der Waals surface area contributed by atoms with Gasteiger partial charge in [0.15, 0.2) is 0 Å². The Morgan fingerprint density at radius 1 is 1.14 bits per heavy atom. The Hall–Kier alpha value is -0.0800. The summed E-state index contributed by atoms with van der Waals surface area (Å²) in [5.74, 6) is 1.60. The molecule has 1 aliphatic heterocycles. The molecule has 3 atom stereocenters. The lowest BCUT2D eigenvalue weighted by Gasteiger charge is -2.49. The zero-order valence-corrected chi connectivity index (χ0v) is 15.1. The molecule has 2 fully saturated rings. The lowest BCUT2D eigenvalue weighted by Crippen LogP contribution is -2.52. The number of nitrogens with zero attached hydrogens (tertiary/aromatic N) is 1. The molecule has 0 aromatic rings. The van der Waals surface area contributed by atoms with E-state index in [0.717, 1.165) is 24.4 Å². The Bertz CT molecular complexity index is 323.